The summed E-state index contributed by atoms with van der Waals surface area (Å²) in [5.41, 5.74) is 0.589. The maximum atomic E-state index is 14.9. The molecule has 0 radical (unpaired) electrons. The second kappa shape index (κ2) is 11.5. The van der Waals surface area contributed by atoms with Crippen LogP contribution in [-0.4, -0.2) is 12.1 Å². The quantitative estimate of drug-likeness (QED) is 0.225. The normalized spacial score (nSPS) is 15.4. The summed E-state index contributed by atoms with van der Waals surface area (Å²) in [6.45, 7) is 0. The van der Waals surface area contributed by atoms with E-state index in [-0.39, 0.29) is 18.0 Å². The van der Waals surface area contributed by atoms with Gasteiger partial charge in [-0.05, 0) is 58.9 Å². The molecule has 5 rings (SSSR count). The molecule has 0 saturated heterocycles. The van der Waals surface area contributed by atoms with Crippen molar-refractivity contribution < 1.29 is 22.4 Å². The van der Waals surface area contributed by atoms with Crippen molar-refractivity contribution in [1.29, 1.82) is 0 Å². The van der Waals surface area contributed by atoms with Crippen molar-refractivity contribution in [1.82, 2.24) is 10.6 Å². The Balaban J connectivity index is 1.67. The first-order chi connectivity index (χ1) is 19.2. The van der Waals surface area contributed by atoms with Crippen LogP contribution in [0.3, 0.4) is 0 Å². The molecule has 2 N–H and O–H groups in total. The van der Waals surface area contributed by atoms with Gasteiger partial charge in [-0.25, -0.2) is 9.18 Å². The molecular formula is C33H30F4N2O. The predicted molar refractivity (Wildman–Crippen MR) is 148 cm³/mol. The van der Waals surface area contributed by atoms with Crippen LogP contribution in [0.15, 0.2) is 103 Å². The van der Waals surface area contributed by atoms with Gasteiger partial charge < -0.3 is 10.6 Å². The number of carbonyl (C=O) groups excluding carboxylic acids is 1. The van der Waals surface area contributed by atoms with E-state index in [0.29, 0.717) is 11.6 Å². The summed E-state index contributed by atoms with van der Waals surface area (Å²) in [6.07, 6.45) is -0.984. The highest BCUT2D eigenvalue weighted by Gasteiger charge is 2.40. The van der Waals surface area contributed by atoms with E-state index in [1.807, 2.05) is 72.8 Å². The molecule has 0 aromatic heterocycles. The van der Waals surface area contributed by atoms with E-state index in [0.717, 1.165) is 54.5 Å². The average Bonchev–Trinajstić information content (AvgIpc) is 3.46. The molecule has 4 aromatic carbocycles. The number of halogens is 4. The van der Waals surface area contributed by atoms with Crippen LogP contribution >= 0.6 is 0 Å². The molecule has 4 aromatic rings. The van der Waals surface area contributed by atoms with Crippen molar-refractivity contribution >= 4 is 6.03 Å². The summed E-state index contributed by atoms with van der Waals surface area (Å²) in [5, 5.41) is 6.01. The van der Waals surface area contributed by atoms with Crippen LogP contribution in [0.2, 0.25) is 0 Å². The van der Waals surface area contributed by atoms with Crippen LogP contribution < -0.4 is 10.6 Å². The molecule has 3 nitrogen and oxygen atoms in total. The summed E-state index contributed by atoms with van der Waals surface area (Å²) in [4.78, 5) is 13.5. The summed E-state index contributed by atoms with van der Waals surface area (Å²) in [5.74, 6) is -1.03. The van der Waals surface area contributed by atoms with E-state index in [2.05, 4.69) is 10.6 Å². The lowest BCUT2D eigenvalue weighted by Gasteiger charge is -2.37. The standard InChI is InChI=1S/C33H30F4N2O/c34-29-20-27(19-28(21-29)33(35,36)37)32(22-23-9-3-1-4-10-23,39-31(40)38-30-13-7-8-14-30)26-17-15-25(16-18-26)24-11-5-2-6-12-24/h1-6,9-12,15-21,30H,7-8,13-14,22H2,(H2,38,39,40). The Bertz CT molecular complexity index is 1430. The number of urea groups is 1. The molecule has 1 saturated carbocycles. The molecule has 1 fully saturated rings. The first-order valence-corrected chi connectivity index (χ1v) is 13.4. The summed E-state index contributed by atoms with van der Waals surface area (Å²) in [6, 6.07) is 28.1. The third kappa shape index (κ3) is 6.19. The molecule has 0 heterocycles. The van der Waals surface area contributed by atoms with Gasteiger partial charge >= 0.3 is 12.2 Å². The second-order valence-electron chi connectivity index (χ2n) is 10.3. The fourth-order valence-electron chi connectivity index (χ4n) is 5.52. The van der Waals surface area contributed by atoms with Crippen LogP contribution in [0, 0.1) is 5.82 Å². The number of hydrogen-bond acceptors (Lipinski definition) is 1. The van der Waals surface area contributed by atoms with Gasteiger partial charge in [-0.15, -0.1) is 0 Å². The zero-order valence-electron chi connectivity index (χ0n) is 21.8. The van der Waals surface area contributed by atoms with E-state index >= 15 is 0 Å². The lowest BCUT2D eigenvalue weighted by Crippen LogP contribution is -2.53. The Morgan fingerprint density at radius 1 is 0.725 bits per heavy atom. The van der Waals surface area contributed by atoms with Crippen LogP contribution in [-0.2, 0) is 18.1 Å². The first-order valence-electron chi connectivity index (χ1n) is 13.4. The molecular weight excluding hydrogens is 516 g/mol. The van der Waals surface area contributed by atoms with Crippen molar-refractivity contribution in [3.8, 4) is 11.1 Å². The van der Waals surface area contributed by atoms with Gasteiger partial charge in [0, 0.05) is 12.5 Å². The van der Waals surface area contributed by atoms with Crippen LogP contribution in [0.1, 0.15) is 47.9 Å². The molecule has 7 heteroatoms. The monoisotopic (exact) mass is 546 g/mol. The molecule has 2 amide bonds. The van der Waals surface area contributed by atoms with Crippen LogP contribution in [0.25, 0.3) is 11.1 Å². The van der Waals surface area contributed by atoms with Gasteiger partial charge in [0.25, 0.3) is 0 Å². The summed E-state index contributed by atoms with van der Waals surface area (Å²) >= 11 is 0. The molecule has 0 spiro atoms. The number of rotatable bonds is 7. The SMILES string of the molecule is O=C(NC1CCCC1)NC(Cc1ccccc1)(c1ccc(-c2ccccc2)cc1)c1cc(F)cc(C(F)(F)F)c1. The van der Waals surface area contributed by atoms with Gasteiger partial charge in [-0.1, -0.05) is 97.8 Å². The lowest BCUT2D eigenvalue weighted by atomic mass is 9.77. The van der Waals surface area contributed by atoms with Gasteiger partial charge in [-0.3, -0.25) is 0 Å². The maximum Gasteiger partial charge on any atom is 0.416 e. The van der Waals surface area contributed by atoms with Crippen molar-refractivity contribution in [3.63, 3.8) is 0 Å². The number of amides is 2. The molecule has 1 aliphatic rings. The fourth-order valence-corrected chi connectivity index (χ4v) is 5.52. The third-order valence-corrected chi connectivity index (χ3v) is 7.53. The zero-order valence-corrected chi connectivity index (χ0v) is 21.8. The van der Waals surface area contributed by atoms with Crippen molar-refractivity contribution in [2.45, 2.75) is 49.9 Å². The first kappa shape index (κ1) is 27.4. The van der Waals surface area contributed by atoms with E-state index in [1.165, 1.54) is 0 Å². The Hall–Kier alpha value is -4.13. The number of nitrogens with one attached hydrogen (secondary N) is 2. The van der Waals surface area contributed by atoms with Crippen LogP contribution in [0.5, 0.6) is 0 Å². The van der Waals surface area contributed by atoms with Gasteiger partial charge in [0.05, 0.1) is 11.1 Å². The summed E-state index contributed by atoms with van der Waals surface area (Å²) < 4.78 is 56.5. The van der Waals surface area contributed by atoms with Gasteiger partial charge in [-0.2, -0.15) is 13.2 Å². The Labute approximate surface area is 231 Å². The highest BCUT2D eigenvalue weighted by atomic mass is 19.4. The Kier molecular flexibility index (Phi) is 7.92. The average molecular weight is 547 g/mol. The molecule has 1 atom stereocenters. The maximum absolute atomic E-state index is 14.9. The molecule has 206 valence electrons. The smallest absolute Gasteiger partial charge is 0.335 e. The minimum absolute atomic E-state index is 0.0118. The fraction of sp³-hybridized carbons (Fsp3) is 0.242. The minimum atomic E-state index is -4.77. The van der Waals surface area contributed by atoms with E-state index in [1.54, 1.807) is 12.1 Å². The van der Waals surface area contributed by atoms with Gasteiger partial charge in [0.1, 0.15) is 5.82 Å². The molecule has 40 heavy (non-hydrogen) atoms. The number of benzene rings is 4. The Morgan fingerprint density at radius 2 is 1.30 bits per heavy atom. The van der Waals surface area contributed by atoms with E-state index < -0.39 is 29.1 Å². The topological polar surface area (TPSA) is 41.1 Å². The third-order valence-electron chi connectivity index (χ3n) is 7.53. The van der Waals surface area contributed by atoms with Crippen molar-refractivity contribution in [2.24, 2.45) is 0 Å². The number of alkyl halides is 3. The number of carbonyl (C=O) groups is 1. The van der Waals surface area contributed by atoms with Crippen LogP contribution in [0.4, 0.5) is 22.4 Å². The highest BCUT2D eigenvalue weighted by molar-refractivity contribution is 5.77. The zero-order chi connectivity index (χ0) is 28.2. The van der Waals surface area contributed by atoms with Crippen molar-refractivity contribution in [3.05, 3.63) is 131 Å². The minimum Gasteiger partial charge on any atom is -0.335 e. The second-order valence-corrected chi connectivity index (χ2v) is 10.3. The molecule has 1 unspecified atom stereocenters. The van der Waals surface area contributed by atoms with E-state index in [9.17, 15) is 22.4 Å². The largest absolute Gasteiger partial charge is 0.416 e. The van der Waals surface area contributed by atoms with Gasteiger partial charge in [0.15, 0.2) is 0 Å². The lowest BCUT2D eigenvalue weighted by molar-refractivity contribution is -0.137. The Morgan fingerprint density at radius 3 is 1.93 bits per heavy atom. The molecule has 0 bridgehead atoms. The number of hydrogen-bond donors (Lipinski definition) is 2. The van der Waals surface area contributed by atoms with Gasteiger partial charge in [0.2, 0.25) is 0 Å². The van der Waals surface area contributed by atoms with Crippen molar-refractivity contribution in [2.75, 3.05) is 0 Å². The predicted octanol–water partition coefficient (Wildman–Crippen LogP) is 8.24. The highest BCUT2D eigenvalue weighted by Crippen LogP contribution is 2.39. The summed E-state index contributed by atoms with van der Waals surface area (Å²) in [7, 11) is 0. The molecule has 0 aliphatic heterocycles. The molecule has 1 aliphatic carbocycles. The van der Waals surface area contributed by atoms with E-state index in [4.69, 9.17) is 0 Å².